The normalized spacial score (nSPS) is 10.5. The van der Waals surface area contributed by atoms with Gasteiger partial charge in [-0.25, -0.2) is 4.79 Å². The van der Waals surface area contributed by atoms with E-state index in [0.717, 1.165) is 0 Å². The average Bonchev–Trinajstić information content (AvgIpc) is 2.65. The van der Waals surface area contributed by atoms with Crippen LogP contribution in [-0.2, 0) is 4.74 Å². The molecule has 2 aromatic rings. The number of methoxy groups -OCH3 is 2. The van der Waals surface area contributed by atoms with Gasteiger partial charge in [0, 0.05) is 5.56 Å². The molecule has 0 aliphatic heterocycles. The van der Waals surface area contributed by atoms with E-state index < -0.39 is 5.97 Å². The van der Waals surface area contributed by atoms with E-state index in [9.17, 15) is 9.59 Å². The van der Waals surface area contributed by atoms with E-state index in [0.29, 0.717) is 16.9 Å². The van der Waals surface area contributed by atoms with E-state index in [4.69, 9.17) is 14.2 Å². The Morgan fingerprint density at radius 2 is 1.72 bits per heavy atom. The predicted octanol–water partition coefficient (Wildman–Crippen LogP) is 3.78. The van der Waals surface area contributed by atoms with Crippen molar-refractivity contribution in [3.05, 3.63) is 65.2 Å². The summed E-state index contributed by atoms with van der Waals surface area (Å²) in [6.07, 6.45) is 2.99. The van der Waals surface area contributed by atoms with E-state index >= 15 is 0 Å². The summed E-state index contributed by atoms with van der Waals surface area (Å²) in [5, 5.41) is 0. The second-order valence-corrected chi connectivity index (χ2v) is 5.05. The molecular formula is C20H20O5. The van der Waals surface area contributed by atoms with Crippen LogP contribution in [0.25, 0.3) is 6.08 Å². The number of carbonyl (C=O) groups is 2. The van der Waals surface area contributed by atoms with Crippen molar-refractivity contribution < 1.29 is 23.8 Å². The topological polar surface area (TPSA) is 61.8 Å². The molecule has 0 bridgehead atoms. The van der Waals surface area contributed by atoms with Crippen molar-refractivity contribution in [3.8, 4) is 11.5 Å². The molecule has 0 fully saturated rings. The number of rotatable bonds is 7. The smallest absolute Gasteiger partial charge is 0.342 e. The van der Waals surface area contributed by atoms with Crippen molar-refractivity contribution in [3.63, 3.8) is 0 Å². The molecule has 0 atom stereocenters. The first kappa shape index (κ1) is 18.3. The van der Waals surface area contributed by atoms with Crippen molar-refractivity contribution in [2.24, 2.45) is 0 Å². The van der Waals surface area contributed by atoms with Crippen LogP contribution < -0.4 is 9.47 Å². The minimum atomic E-state index is -0.537. The molecule has 0 heterocycles. The largest absolute Gasteiger partial charge is 0.493 e. The summed E-state index contributed by atoms with van der Waals surface area (Å²) in [7, 11) is 2.93. The van der Waals surface area contributed by atoms with Crippen LogP contribution in [0.1, 0.15) is 33.2 Å². The van der Waals surface area contributed by atoms with Gasteiger partial charge in [-0.2, -0.15) is 0 Å². The first-order chi connectivity index (χ1) is 12.1. The molecule has 0 N–H and O–H groups in total. The Balaban J connectivity index is 2.44. The lowest BCUT2D eigenvalue weighted by Gasteiger charge is -2.14. The van der Waals surface area contributed by atoms with Gasteiger partial charge in [0.25, 0.3) is 0 Å². The van der Waals surface area contributed by atoms with Gasteiger partial charge in [-0.05, 0) is 24.6 Å². The van der Waals surface area contributed by atoms with Crippen molar-refractivity contribution in [2.45, 2.75) is 6.92 Å². The molecule has 5 heteroatoms. The highest BCUT2D eigenvalue weighted by atomic mass is 16.5. The summed E-state index contributed by atoms with van der Waals surface area (Å²) in [4.78, 5) is 24.6. The van der Waals surface area contributed by atoms with Crippen molar-refractivity contribution in [1.82, 2.24) is 0 Å². The third kappa shape index (κ3) is 4.26. The molecule has 0 aromatic heterocycles. The second kappa shape index (κ2) is 8.68. The lowest BCUT2D eigenvalue weighted by molar-refractivity contribution is 0.0521. The van der Waals surface area contributed by atoms with Crippen molar-refractivity contribution >= 4 is 17.8 Å². The van der Waals surface area contributed by atoms with Crippen LogP contribution in [0.3, 0.4) is 0 Å². The van der Waals surface area contributed by atoms with Crippen LogP contribution in [0.2, 0.25) is 0 Å². The van der Waals surface area contributed by atoms with E-state index in [1.54, 1.807) is 49.4 Å². The lowest BCUT2D eigenvalue weighted by Crippen LogP contribution is -2.10. The van der Waals surface area contributed by atoms with Gasteiger partial charge in [-0.3, -0.25) is 4.79 Å². The fourth-order valence-corrected chi connectivity index (χ4v) is 2.36. The molecule has 0 saturated heterocycles. The molecule has 0 aliphatic carbocycles. The van der Waals surface area contributed by atoms with Gasteiger partial charge in [0.1, 0.15) is 5.56 Å². The van der Waals surface area contributed by atoms with E-state index in [2.05, 4.69) is 0 Å². The SMILES string of the molecule is CCOC(=O)c1c(/C=C/C(=O)c2ccccc2)ccc(OC)c1OC. The molecule has 2 aromatic carbocycles. The standard InChI is InChI=1S/C20H20O5/c1-4-25-20(22)18-15(11-13-17(23-2)19(18)24-3)10-12-16(21)14-8-6-5-7-9-14/h5-13H,4H2,1-3H3/b12-10+. The maximum Gasteiger partial charge on any atom is 0.342 e. The van der Waals surface area contributed by atoms with Gasteiger partial charge < -0.3 is 14.2 Å². The van der Waals surface area contributed by atoms with Crippen molar-refractivity contribution in [1.29, 1.82) is 0 Å². The van der Waals surface area contributed by atoms with Crippen LogP contribution in [0.15, 0.2) is 48.5 Å². The van der Waals surface area contributed by atoms with Gasteiger partial charge in [0.05, 0.1) is 20.8 Å². The molecule has 0 amide bonds. The zero-order valence-electron chi connectivity index (χ0n) is 14.4. The molecule has 130 valence electrons. The highest BCUT2D eigenvalue weighted by Gasteiger charge is 2.21. The van der Waals surface area contributed by atoms with Crippen molar-refractivity contribution in [2.75, 3.05) is 20.8 Å². The molecule has 25 heavy (non-hydrogen) atoms. The number of carbonyl (C=O) groups excluding carboxylic acids is 2. The number of benzene rings is 2. The number of ether oxygens (including phenoxy) is 3. The van der Waals surface area contributed by atoms with Crippen LogP contribution >= 0.6 is 0 Å². The number of ketones is 1. The number of esters is 1. The predicted molar refractivity (Wildman–Crippen MR) is 95.3 cm³/mol. The zero-order chi connectivity index (χ0) is 18.2. The maximum absolute atomic E-state index is 12.4. The summed E-state index contributed by atoms with van der Waals surface area (Å²) in [6, 6.07) is 12.2. The monoisotopic (exact) mass is 340 g/mol. The number of allylic oxidation sites excluding steroid dienone is 1. The molecule has 0 saturated carbocycles. The molecular weight excluding hydrogens is 320 g/mol. The minimum Gasteiger partial charge on any atom is -0.493 e. The Kier molecular flexibility index (Phi) is 6.34. The Hall–Kier alpha value is -3.08. The Morgan fingerprint density at radius 3 is 2.32 bits per heavy atom. The summed E-state index contributed by atoms with van der Waals surface area (Å²) < 4.78 is 15.7. The fraction of sp³-hybridized carbons (Fsp3) is 0.200. The van der Waals surface area contributed by atoms with Gasteiger partial charge in [0.2, 0.25) is 0 Å². The quantitative estimate of drug-likeness (QED) is 0.436. The molecule has 0 aliphatic rings. The second-order valence-electron chi connectivity index (χ2n) is 5.05. The molecule has 2 rings (SSSR count). The number of hydrogen-bond donors (Lipinski definition) is 0. The summed E-state index contributed by atoms with van der Waals surface area (Å²) in [6.45, 7) is 1.95. The summed E-state index contributed by atoms with van der Waals surface area (Å²) in [5.74, 6) is -0.0115. The van der Waals surface area contributed by atoms with E-state index in [-0.39, 0.29) is 23.7 Å². The molecule has 0 radical (unpaired) electrons. The first-order valence-electron chi connectivity index (χ1n) is 7.81. The highest BCUT2D eigenvalue weighted by molar-refractivity contribution is 6.08. The molecule has 5 nitrogen and oxygen atoms in total. The Bertz CT molecular complexity index is 778. The summed E-state index contributed by atoms with van der Waals surface area (Å²) in [5.41, 5.74) is 1.30. The highest BCUT2D eigenvalue weighted by Crippen LogP contribution is 2.34. The van der Waals surface area contributed by atoms with E-state index in [1.807, 2.05) is 6.07 Å². The molecule has 0 spiro atoms. The third-order valence-electron chi connectivity index (χ3n) is 3.53. The Labute approximate surface area is 146 Å². The van der Waals surface area contributed by atoms with E-state index in [1.165, 1.54) is 20.3 Å². The maximum atomic E-state index is 12.4. The number of hydrogen-bond acceptors (Lipinski definition) is 5. The van der Waals surface area contributed by atoms with Gasteiger partial charge in [-0.15, -0.1) is 0 Å². The Morgan fingerprint density at radius 1 is 1.00 bits per heavy atom. The zero-order valence-corrected chi connectivity index (χ0v) is 14.4. The van der Waals surface area contributed by atoms with Crippen LogP contribution in [0, 0.1) is 0 Å². The third-order valence-corrected chi connectivity index (χ3v) is 3.53. The summed E-state index contributed by atoms with van der Waals surface area (Å²) >= 11 is 0. The lowest BCUT2D eigenvalue weighted by atomic mass is 10.0. The van der Waals surface area contributed by atoms with Crippen LogP contribution in [0.4, 0.5) is 0 Å². The molecule has 0 unspecified atom stereocenters. The first-order valence-corrected chi connectivity index (χ1v) is 7.81. The van der Waals surface area contributed by atoms with Gasteiger partial charge >= 0.3 is 5.97 Å². The minimum absolute atomic E-state index is 0.162. The van der Waals surface area contributed by atoms with Crippen LogP contribution in [-0.4, -0.2) is 32.6 Å². The van der Waals surface area contributed by atoms with Gasteiger partial charge in [-0.1, -0.05) is 42.5 Å². The fourth-order valence-electron chi connectivity index (χ4n) is 2.36. The average molecular weight is 340 g/mol. The van der Waals surface area contributed by atoms with Gasteiger partial charge in [0.15, 0.2) is 17.3 Å². The van der Waals surface area contributed by atoms with Crippen LogP contribution in [0.5, 0.6) is 11.5 Å².